The van der Waals surface area contributed by atoms with Crippen LogP contribution in [0.1, 0.15) is 48.2 Å². The number of fused-ring (bicyclic) bond motifs is 3. The van der Waals surface area contributed by atoms with E-state index in [1.165, 1.54) is 7.11 Å². The third kappa shape index (κ3) is 5.20. The molecule has 0 unspecified atom stereocenters. The number of carbonyl (C=O) groups is 3. The average Bonchev–Trinajstić information content (AvgIpc) is 3.43. The van der Waals surface area contributed by atoms with Crippen LogP contribution in [0.2, 0.25) is 0 Å². The number of esters is 1. The van der Waals surface area contributed by atoms with Gasteiger partial charge in [0.15, 0.2) is 0 Å². The van der Waals surface area contributed by atoms with Crippen molar-refractivity contribution in [3.05, 3.63) is 104 Å². The van der Waals surface area contributed by atoms with E-state index >= 15 is 0 Å². The van der Waals surface area contributed by atoms with Gasteiger partial charge in [0, 0.05) is 11.6 Å². The Hall–Kier alpha value is -3.95. The van der Waals surface area contributed by atoms with Crippen LogP contribution in [0.3, 0.4) is 0 Å². The van der Waals surface area contributed by atoms with Gasteiger partial charge in [-0.2, -0.15) is 0 Å². The first-order valence-corrected chi connectivity index (χ1v) is 13.8. The first kappa shape index (κ1) is 26.6. The fourth-order valence-corrected chi connectivity index (χ4v) is 6.67. The summed E-state index contributed by atoms with van der Waals surface area (Å²) in [5, 5.41) is 5.66. The van der Waals surface area contributed by atoms with Crippen molar-refractivity contribution < 1.29 is 23.9 Å². The van der Waals surface area contributed by atoms with E-state index in [2.05, 4.69) is 38.7 Å². The highest BCUT2D eigenvalue weighted by atomic mass is 79.9. The molecule has 9 heteroatoms. The maximum Gasteiger partial charge on any atom is 0.412 e. The van der Waals surface area contributed by atoms with Crippen LogP contribution in [0.25, 0.3) is 11.1 Å². The van der Waals surface area contributed by atoms with Crippen molar-refractivity contribution in [1.29, 1.82) is 0 Å². The van der Waals surface area contributed by atoms with Crippen molar-refractivity contribution in [2.24, 2.45) is 0 Å². The lowest BCUT2D eigenvalue weighted by atomic mass is 9.98. The van der Waals surface area contributed by atoms with E-state index in [9.17, 15) is 14.4 Å². The highest BCUT2D eigenvalue weighted by molar-refractivity contribution is 9.10. The van der Waals surface area contributed by atoms with Crippen LogP contribution in [0.15, 0.2) is 71.2 Å². The van der Waals surface area contributed by atoms with Crippen molar-refractivity contribution in [3.63, 3.8) is 0 Å². The second-order valence-electron chi connectivity index (χ2n) is 9.16. The van der Waals surface area contributed by atoms with Gasteiger partial charge in [-0.3, -0.25) is 10.1 Å². The number of thiophene rings is 1. The van der Waals surface area contributed by atoms with Crippen LogP contribution in [0.4, 0.5) is 15.5 Å². The van der Waals surface area contributed by atoms with Gasteiger partial charge in [-0.25, -0.2) is 9.59 Å². The van der Waals surface area contributed by atoms with E-state index in [-0.39, 0.29) is 32.4 Å². The van der Waals surface area contributed by atoms with Crippen molar-refractivity contribution in [2.75, 3.05) is 24.4 Å². The van der Waals surface area contributed by atoms with E-state index in [0.717, 1.165) is 44.7 Å². The Morgan fingerprint density at radius 2 is 1.56 bits per heavy atom. The molecule has 0 saturated heterocycles. The summed E-state index contributed by atoms with van der Waals surface area (Å²) in [5.74, 6) is -1.24. The molecule has 0 radical (unpaired) electrons. The summed E-state index contributed by atoms with van der Waals surface area (Å²) in [6, 6.07) is 21.8. The highest BCUT2D eigenvalue weighted by Crippen LogP contribution is 2.44. The molecular weight excluding hydrogens is 580 g/mol. The second-order valence-corrected chi connectivity index (χ2v) is 11.0. The number of hydrogen-bond donors (Lipinski definition) is 2. The predicted octanol–water partition coefficient (Wildman–Crippen LogP) is 7.53. The van der Waals surface area contributed by atoms with Crippen LogP contribution in [0.5, 0.6) is 0 Å². The van der Waals surface area contributed by atoms with Crippen molar-refractivity contribution in [3.8, 4) is 11.1 Å². The number of carbonyl (C=O) groups excluding carboxylic acids is 3. The van der Waals surface area contributed by atoms with Crippen molar-refractivity contribution in [1.82, 2.24) is 0 Å². The summed E-state index contributed by atoms with van der Waals surface area (Å²) < 4.78 is 10.8. The molecule has 5 rings (SSSR count). The molecular formula is C30H25BrN2O5S. The zero-order chi connectivity index (χ0) is 27.7. The van der Waals surface area contributed by atoms with Crippen LogP contribution >= 0.6 is 27.3 Å². The minimum atomic E-state index is -0.739. The van der Waals surface area contributed by atoms with Gasteiger partial charge in [0.05, 0.1) is 11.6 Å². The number of aryl methyl sites for hydroxylation is 2. The standard InChI is InChI=1S/C30H25BrN2O5S/c1-16-12-13-23(17(2)14-16)32-27(34)26-25(31)24(29(35)37-3)28(39-26)33-30(36)38-15-22-20-10-6-4-8-18(20)19-9-5-7-11-21(19)22/h4-14,22H,15H2,1-3H3,(H,32,34)(H,33,36). The number of ether oxygens (including phenoxy) is 2. The Balaban J connectivity index is 1.35. The minimum Gasteiger partial charge on any atom is -0.465 e. The Labute approximate surface area is 238 Å². The zero-order valence-corrected chi connectivity index (χ0v) is 23.9. The molecule has 1 aliphatic carbocycles. The first-order chi connectivity index (χ1) is 18.8. The largest absolute Gasteiger partial charge is 0.465 e. The molecule has 1 heterocycles. The molecule has 0 fully saturated rings. The number of rotatable bonds is 6. The summed E-state index contributed by atoms with van der Waals surface area (Å²) >= 11 is 4.32. The molecule has 39 heavy (non-hydrogen) atoms. The molecule has 2 amide bonds. The van der Waals surface area contributed by atoms with Crippen LogP contribution in [-0.2, 0) is 9.47 Å². The monoisotopic (exact) mass is 604 g/mol. The molecule has 0 atom stereocenters. The number of halogens is 1. The van der Waals surface area contributed by atoms with E-state index in [1.807, 2.05) is 68.4 Å². The molecule has 1 aromatic heterocycles. The molecule has 0 bridgehead atoms. The zero-order valence-electron chi connectivity index (χ0n) is 21.5. The van der Waals surface area contributed by atoms with Crippen molar-refractivity contribution in [2.45, 2.75) is 19.8 Å². The predicted molar refractivity (Wildman–Crippen MR) is 156 cm³/mol. The summed E-state index contributed by atoms with van der Waals surface area (Å²) in [4.78, 5) is 38.9. The lowest BCUT2D eigenvalue weighted by Gasteiger charge is -2.14. The summed E-state index contributed by atoms with van der Waals surface area (Å²) in [6.45, 7) is 3.98. The fourth-order valence-electron chi connectivity index (χ4n) is 4.79. The van der Waals surface area contributed by atoms with Gasteiger partial charge in [0.1, 0.15) is 22.0 Å². The number of hydrogen-bond acceptors (Lipinski definition) is 6. The molecule has 7 nitrogen and oxygen atoms in total. The summed E-state index contributed by atoms with van der Waals surface area (Å²) in [7, 11) is 1.24. The number of nitrogens with one attached hydrogen (secondary N) is 2. The maximum absolute atomic E-state index is 13.1. The van der Waals surface area contributed by atoms with Gasteiger partial charge in [-0.15, -0.1) is 11.3 Å². The minimum absolute atomic E-state index is 0.0433. The van der Waals surface area contributed by atoms with Crippen LogP contribution in [0, 0.1) is 13.8 Å². The van der Waals surface area contributed by atoms with Gasteiger partial charge in [0.2, 0.25) is 0 Å². The van der Waals surface area contributed by atoms with Crippen molar-refractivity contribution >= 4 is 55.9 Å². The topological polar surface area (TPSA) is 93.7 Å². The van der Waals surface area contributed by atoms with E-state index in [0.29, 0.717) is 5.69 Å². The smallest absolute Gasteiger partial charge is 0.412 e. The lowest BCUT2D eigenvalue weighted by Crippen LogP contribution is -2.18. The Morgan fingerprint density at radius 3 is 2.18 bits per heavy atom. The number of benzene rings is 3. The molecule has 0 spiro atoms. The summed E-state index contributed by atoms with van der Waals surface area (Å²) in [6.07, 6.45) is -0.739. The lowest BCUT2D eigenvalue weighted by molar-refractivity contribution is 0.0601. The van der Waals surface area contributed by atoms with Crippen LogP contribution in [-0.4, -0.2) is 31.7 Å². The number of methoxy groups -OCH3 is 1. The SMILES string of the molecule is COC(=O)c1c(NC(=O)OCC2c3ccccc3-c3ccccc32)sc(C(=O)Nc2ccc(C)cc2C)c1Br. The average molecular weight is 606 g/mol. The fraction of sp³-hybridized carbons (Fsp3) is 0.167. The molecule has 0 aliphatic heterocycles. The third-order valence-corrected chi connectivity index (χ3v) is 8.79. The third-order valence-electron chi connectivity index (χ3n) is 6.64. The number of amides is 2. The van der Waals surface area contributed by atoms with E-state index in [4.69, 9.17) is 9.47 Å². The maximum atomic E-state index is 13.1. The normalized spacial score (nSPS) is 11.9. The van der Waals surface area contributed by atoms with Gasteiger partial charge >= 0.3 is 12.1 Å². The van der Waals surface area contributed by atoms with Crippen LogP contribution < -0.4 is 10.6 Å². The van der Waals surface area contributed by atoms with Gasteiger partial charge < -0.3 is 14.8 Å². The highest BCUT2D eigenvalue weighted by Gasteiger charge is 2.31. The molecule has 198 valence electrons. The van der Waals surface area contributed by atoms with E-state index < -0.39 is 18.0 Å². The quantitative estimate of drug-likeness (QED) is 0.222. The summed E-state index contributed by atoms with van der Waals surface area (Å²) in [5.41, 5.74) is 7.09. The Kier molecular flexibility index (Phi) is 7.54. The molecule has 4 aromatic rings. The van der Waals surface area contributed by atoms with Gasteiger partial charge in [0.25, 0.3) is 5.91 Å². The number of anilines is 2. The van der Waals surface area contributed by atoms with E-state index in [1.54, 1.807) is 0 Å². The molecule has 0 saturated carbocycles. The molecule has 2 N–H and O–H groups in total. The van der Waals surface area contributed by atoms with Gasteiger partial charge in [-0.1, -0.05) is 66.2 Å². The molecule has 3 aromatic carbocycles. The second kappa shape index (κ2) is 11.0. The molecule has 1 aliphatic rings. The Bertz CT molecular complexity index is 1570. The first-order valence-electron chi connectivity index (χ1n) is 12.2. The Morgan fingerprint density at radius 1 is 0.923 bits per heavy atom. The van der Waals surface area contributed by atoms with Gasteiger partial charge in [-0.05, 0) is 63.7 Å².